The average molecular weight is 1150 g/mol. The molecule has 3 aromatic heterocycles. The van der Waals surface area contributed by atoms with E-state index in [9.17, 15) is 23.3 Å². The summed E-state index contributed by atoms with van der Waals surface area (Å²) in [6.07, 6.45) is 10.5. The number of nitro benzene ring substituents is 1. The summed E-state index contributed by atoms with van der Waals surface area (Å²) in [5, 5.41) is 16.7. The number of H-pyrrole nitrogens is 1. The van der Waals surface area contributed by atoms with Crippen LogP contribution in [0.25, 0.3) is 11.0 Å². The van der Waals surface area contributed by atoms with E-state index in [0.717, 1.165) is 119 Å². The van der Waals surface area contributed by atoms with Gasteiger partial charge in [-0.1, -0.05) is 18.2 Å². The molecule has 21 nitrogen and oxygen atoms in total. The number of anilines is 5. The van der Waals surface area contributed by atoms with Gasteiger partial charge in [-0.05, 0) is 125 Å². The molecule has 6 aromatic rings. The van der Waals surface area contributed by atoms with E-state index >= 15 is 0 Å². The van der Waals surface area contributed by atoms with Crippen molar-refractivity contribution < 1.29 is 46.6 Å². The zero-order valence-corrected chi connectivity index (χ0v) is 47.6. The molecule has 0 bridgehead atoms. The number of hydrogen-bond acceptors (Lipinski definition) is 18. The predicted molar refractivity (Wildman–Crippen MR) is 311 cm³/mol. The second-order valence-corrected chi connectivity index (χ2v) is 25.6. The number of nitrogens with one attached hydrogen (secondary N) is 3. The third-order valence-corrected chi connectivity index (χ3v) is 20.0. The number of para-hydroxylation sites is 1. The number of nitro groups is 1. The molecule has 5 fully saturated rings. The van der Waals surface area contributed by atoms with Crippen LogP contribution < -0.4 is 38.9 Å². The van der Waals surface area contributed by atoms with Crippen molar-refractivity contribution in [2.75, 3.05) is 92.4 Å². The minimum Gasteiger partial charge on any atom is -0.491 e. The van der Waals surface area contributed by atoms with Gasteiger partial charge in [0.2, 0.25) is 5.88 Å². The quantitative estimate of drug-likeness (QED) is 0.0771. The van der Waals surface area contributed by atoms with Gasteiger partial charge in [0, 0.05) is 93.6 Å². The number of rotatable bonds is 12. The number of ether oxygens (including phenoxy) is 6. The summed E-state index contributed by atoms with van der Waals surface area (Å²) in [6.45, 7) is 11.8. The van der Waals surface area contributed by atoms with E-state index in [2.05, 4.69) is 78.8 Å². The number of piperazine rings is 1. The van der Waals surface area contributed by atoms with Crippen LogP contribution in [0.5, 0.6) is 17.4 Å². The number of carbonyl (C=O) groups is 1. The largest absolute Gasteiger partial charge is 0.491 e. The van der Waals surface area contributed by atoms with Gasteiger partial charge >= 0.3 is 0 Å². The summed E-state index contributed by atoms with van der Waals surface area (Å²) >= 11 is 0. The maximum absolute atomic E-state index is 15.0. The van der Waals surface area contributed by atoms with Crippen LogP contribution in [0.15, 0.2) is 90.1 Å². The second kappa shape index (κ2) is 21.7. The van der Waals surface area contributed by atoms with E-state index in [0.29, 0.717) is 61.8 Å². The van der Waals surface area contributed by atoms with Crippen LogP contribution in [0.2, 0.25) is 0 Å². The normalized spacial score (nSPS) is 23.7. The number of hydrogen-bond donors (Lipinski definition) is 3. The van der Waals surface area contributed by atoms with Crippen molar-refractivity contribution in [1.29, 1.82) is 0 Å². The van der Waals surface area contributed by atoms with Gasteiger partial charge in [0.05, 0.1) is 82.7 Å². The lowest BCUT2D eigenvalue weighted by Gasteiger charge is -2.58. The van der Waals surface area contributed by atoms with E-state index in [1.54, 1.807) is 6.07 Å². The van der Waals surface area contributed by atoms with Crippen LogP contribution in [0, 0.1) is 21.4 Å². The number of aromatic nitrogens is 3. The second-order valence-electron chi connectivity index (χ2n) is 24.0. The third kappa shape index (κ3) is 10.2. The lowest BCUT2D eigenvalue weighted by atomic mass is 9.59. The van der Waals surface area contributed by atoms with Crippen molar-refractivity contribution in [2.24, 2.45) is 11.3 Å². The molecule has 7 aliphatic heterocycles. The third-order valence-electron chi connectivity index (χ3n) is 18.7. The Kier molecular flexibility index (Phi) is 14.1. The number of benzene rings is 3. The van der Waals surface area contributed by atoms with Crippen LogP contribution in [0.1, 0.15) is 92.0 Å². The molecule has 1 amide bonds. The van der Waals surface area contributed by atoms with Gasteiger partial charge in [0.1, 0.15) is 29.8 Å². The number of aromatic amines is 1. The Balaban J connectivity index is 0.739. The van der Waals surface area contributed by atoms with Crippen LogP contribution in [-0.2, 0) is 37.3 Å². The van der Waals surface area contributed by atoms with Crippen molar-refractivity contribution >= 4 is 61.1 Å². The molecule has 4 atom stereocenters. The molecular weight excluding hydrogens is 1080 g/mol. The Labute approximate surface area is 482 Å². The smallest absolute Gasteiger partial charge is 0.297 e. The molecule has 4 saturated heterocycles. The molecule has 3 aromatic carbocycles. The summed E-state index contributed by atoms with van der Waals surface area (Å²) in [7, 11) is -4.72. The standard InChI is InChI=1S/C61H70N10O11S/c1-37(2)81-54-6-4-3-5-45(54)53-33-68(42-25-39-12-23-78-34-47(39)63-32-42)19-20-69(53)43-30-61(31-43)14-17-67(18-15-61)41-7-8-46(50(27-41)70-49-13-24-79-36-56(49)82-60-52(70)26-40-9-16-62-58(40)65-60)59(72)66-83(75,76)44-28-51(71(73)74)57-55(29-44)80-35-48(64-57)38-10-21-77-22-11-38/h3-9,16,25-29,32,37-38,43,48-49,53,56,64H,10-15,17-24,30-31,33-36H2,1-2H3,(H,62,65)(H,66,72)/t48-,49-,53-,56-/m0/s1. The molecule has 22 heteroatoms. The fourth-order valence-corrected chi connectivity index (χ4v) is 15.3. The van der Waals surface area contributed by atoms with Gasteiger partial charge in [-0.15, -0.1) is 0 Å². The first-order valence-corrected chi connectivity index (χ1v) is 30.9. The number of piperidine rings is 1. The van der Waals surface area contributed by atoms with E-state index < -0.39 is 37.5 Å². The Hall–Kier alpha value is -7.24. The minimum absolute atomic E-state index is 0.0243. The highest BCUT2D eigenvalue weighted by Crippen LogP contribution is 2.54. The fraction of sp³-hybridized carbons (Fsp3) is 0.492. The number of pyridine rings is 2. The molecule has 1 saturated carbocycles. The number of sulfonamides is 1. The molecule has 1 spiro atoms. The topological polar surface area (TPSA) is 228 Å². The number of nitrogens with zero attached hydrogens (tertiary/aromatic N) is 7. The van der Waals surface area contributed by atoms with Gasteiger partial charge in [-0.2, -0.15) is 4.98 Å². The van der Waals surface area contributed by atoms with Crippen LogP contribution in [0.4, 0.5) is 34.1 Å². The van der Waals surface area contributed by atoms with Gasteiger partial charge in [0.25, 0.3) is 21.6 Å². The number of carbonyl (C=O) groups excluding carboxylic acids is 1. The highest BCUT2D eigenvalue weighted by atomic mass is 32.2. The number of fused-ring (bicyclic) bond motifs is 5. The minimum atomic E-state index is -4.72. The van der Waals surface area contributed by atoms with E-state index in [1.807, 2.05) is 36.7 Å². The Morgan fingerprint density at radius 3 is 2.55 bits per heavy atom. The molecule has 14 rings (SSSR count). The highest BCUT2D eigenvalue weighted by Gasteiger charge is 2.51. The highest BCUT2D eigenvalue weighted by molar-refractivity contribution is 7.90. The maximum Gasteiger partial charge on any atom is 0.297 e. The van der Waals surface area contributed by atoms with Crippen LogP contribution in [0.3, 0.4) is 0 Å². The van der Waals surface area contributed by atoms with Crippen LogP contribution >= 0.6 is 0 Å². The molecule has 0 radical (unpaired) electrons. The lowest BCUT2D eigenvalue weighted by molar-refractivity contribution is -0.384. The van der Waals surface area contributed by atoms with Crippen molar-refractivity contribution in [3.05, 3.63) is 118 Å². The monoisotopic (exact) mass is 1150 g/mol. The summed E-state index contributed by atoms with van der Waals surface area (Å²) < 4.78 is 67.6. The molecule has 83 heavy (non-hydrogen) atoms. The van der Waals surface area contributed by atoms with Gasteiger partial charge < -0.3 is 53.4 Å². The van der Waals surface area contributed by atoms with Crippen LogP contribution in [-0.4, -0.2) is 142 Å². The van der Waals surface area contributed by atoms with Crippen molar-refractivity contribution in [3.8, 4) is 17.4 Å². The summed E-state index contributed by atoms with van der Waals surface area (Å²) in [6, 6.07) is 22.6. The predicted octanol–water partition coefficient (Wildman–Crippen LogP) is 8.44. The fourth-order valence-electron chi connectivity index (χ4n) is 14.3. The zero-order chi connectivity index (χ0) is 56.6. The Morgan fingerprint density at radius 1 is 0.892 bits per heavy atom. The van der Waals surface area contributed by atoms with Gasteiger partial charge in [-0.3, -0.25) is 24.8 Å². The first-order valence-electron chi connectivity index (χ1n) is 29.4. The van der Waals surface area contributed by atoms with Crippen molar-refractivity contribution in [1.82, 2.24) is 24.6 Å². The zero-order valence-electron chi connectivity index (χ0n) is 46.8. The first-order chi connectivity index (χ1) is 40.3. The van der Waals surface area contributed by atoms with E-state index in [4.69, 9.17) is 38.4 Å². The van der Waals surface area contributed by atoms with Gasteiger partial charge in [-0.25, -0.2) is 13.1 Å². The SMILES string of the molecule is CC(C)Oc1ccccc1[C@@H]1CN(c2cnc3c(c2)CCOC3)CCN1C1CC2(CCN(c3ccc(C(=O)NS(=O)(=O)c4cc5c(c([N+](=O)[O-])c4)N[C@H](C4CCOCC4)CO5)c(N4c5cc6cc[nH]c6nc5O[C@H]5COCC[C@@H]54)c3)CC2)C1. The van der Waals surface area contributed by atoms with Crippen molar-refractivity contribution in [2.45, 2.75) is 113 Å². The molecule has 10 heterocycles. The molecule has 1 aliphatic carbocycles. The molecule has 8 aliphatic rings. The molecular formula is C61H70N10O11S. The summed E-state index contributed by atoms with van der Waals surface area (Å²) in [4.78, 5) is 49.1. The Bertz CT molecular complexity index is 3580. The van der Waals surface area contributed by atoms with E-state index in [1.165, 1.54) is 17.2 Å². The molecule has 436 valence electrons. The molecule has 0 unspecified atom stereocenters. The lowest BCUT2D eigenvalue weighted by Crippen LogP contribution is -2.60. The number of amides is 1. The summed E-state index contributed by atoms with van der Waals surface area (Å²) in [5.41, 5.74) is 7.22. The maximum atomic E-state index is 15.0. The molecule has 3 N–H and O–H groups in total. The first kappa shape index (κ1) is 53.7. The Morgan fingerprint density at radius 2 is 1.72 bits per heavy atom. The van der Waals surface area contributed by atoms with E-state index in [-0.39, 0.29) is 65.8 Å². The average Bonchev–Trinajstić information content (AvgIpc) is 3.80. The van der Waals surface area contributed by atoms with Crippen molar-refractivity contribution in [3.63, 3.8) is 0 Å². The summed E-state index contributed by atoms with van der Waals surface area (Å²) in [5.74, 6) is 0.575. The van der Waals surface area contributed by atoms with Gasteiger partial charge in [0.15, 0.2) is 11.4 Å².